The molecule has 1 N–H and O–H groups in total. The zero-order valence-corrected chi connectivity index (χ0v) is 12.8. The Morgan fingerprint density at radius 1 is 1.19 bits per heavy atom. The second-order valence-corrected chi connectivity index (χ2v) is 5.11. The van der Waals surface area contributed by atoms with Gasteiger partial charge in [0.15, 0.2) is 0 Å². The van der Waals surface area contributed by atoms with Gasteiger partial charge in [-0.2, -0.15) is 0 Å². The zero-order valence-electron chi connectivity index (χ0n) is 12.0. The highest BCUT2D eigenvalue weighted by Gasteiger charge is 2.22. The molecule has 21 heavy (non-hydrogen) atoms. The average Bonchev–Trinajstić information content (AvgIpc) is 2.47. The molecule has 0 bridgehead atoms. The summed E-state index contributed by atoms with van der Waals surface area (Å²) in [7, 11) is 3.15. The predicted octanol–water partition coefficient (Wildman–Crippen LogP) is 4.24. The molecule has 2 rings (SSSR count). The topological polar surface area (TPSA) is 21.3 Å². The maximum atomic E-state index is 14.3. The molecule has 2 nitrogen and oxygen atoms in total. The fraction of sp³-hybridized carbons (Fsp3) is 0.250. The van der Waals surface area contributed by atoms with Crippen LogP contribution in [-0.4, -0.2) is 14.2 Å². The van der Waals surface area contributed by atoms with Crippen LogP contribution in [0.5, 0.6) is 5.75 Å². The number of methoxy groups -OCH3 is 1. The smallest absolute Gasteiger partial charge is 0.137 e. The van der Waals surface area contributed by atoms with Gasteiger partial charge in [0.2, 0.25) is 0 Å². The maximum absolute atomic E-state index is 14.3. The van der Waals surface area contributed by atoms with Gasteiger partial charge in [-0.15, -0.1) is 0 Å². The Bertz CT molecular complexity index is 661. The van der Waals surface area contributed by atoms with Gasteiger partial charge in [-0.1, -0.05) is 23.7 Å². The summed E-state index contributed by atoms with van der Waals surface area (Å²) >= 11 is 6.09. The zero-order chi connectivity index (χ0) is 15.6. The fourth-order valence-corrected chi connectivity index (χ4v) is 2.55. The van der Waals surface area contributed by atoms with Crippen LogP contribution in [0, 0.1) is 18.6 Å². The number of benzene rings is 2. The van der Waals surface area contributed by atoms with E-state index in [4.69, 9.17) is 16.3 Å². The molecule has 0 spiro atoms. The lowest BCUT2D eigenvalue weighted by Gasteiger charge is -2.20. The lowest BCUT2D eigenvalue weighted by Crippen LogP contribution is -2.21. The lowest BCUT2D eigenvalue weighted by molar-refractivity contribution is 0.414. The quantitative estimate of drug-likeness (QED) is 0.911. The molecule has 5 heteroatoms. The van der Waals surface area contributed by atoms with Crippen molar-refractivity contribution < 1.29 is 13.5 Å². The van der Waals surface area contributed by atoms with Crippen molar-refractivity contribution in [3.05, 3.63) is 63.7 Å². The van der Waals surface area contributed by atoms with Crippen molar-refractivity contribution in [3.8, 4) is 5.75 Å². The third-order valence-electron chi connectivity index (χ3n) is 3.41. The number of nitrogens with one attached hydrogen (secondary N) is 1. The molecule has 0 saturated carbocycles. The minimum Gasteiger partial charge on any atom is -0.495 e. The van der Waals surface area contributed by atoms with Gasteiger partial charge >= 0.3 is 0 Å². The highest BCUT2D eigenvalue weighted by Crippen LogP contribution is 2.32. The van der Waals surface area contributed by atoms with E-state index in [1.165, 1.54) is 19.2 Å². The van der Waals surface area contributed by atoms with Crippen LogP contribution in [0.2, 0.25) is 5.02 Å². The molecule has 2 aromatic carbocycles. The van der Waals surface area contributed by atoms with Gasteiger partial charge in [-0.05, 0) is 43.3 Å². The normalized spacial score (nSPS) is 12.3. The highest BCUT2D eigenvalue weighted by molar-refractivity contribution is 6.32. The van der Waals surface area contributed by atoms with Gasteiger partial charge < -0.3 is 10.1 Å². The lowest BCUT2D eigenvalue weighted by atomic mass is 9.96. The molecule has 0 heterocycles. The van der Waals surface area contributed by atoms with E-state index in [-0.39, 0.29) is 5.56 Å². The van der Waals surface area contributed by atoms with E-state index in [0.717, 1.165) is 0 Å². The number of hydrogen-bond donors (Lipinski definition) is 1. The van der Waals surface area contributed by atoms with Gasteiger partial charge in [0.25, 0.3) is 0 Å². The van der Waals surface area contributed by atoms with E-state index in [1.54, 1.807) is 32.2 Å². The molecule has 0 aliphatic carbocycles. The molecule has 1 atom stereocenters. The van der Waals surface area contributed by atoms with Crippen LogP contribution in [-0.2, 0) is 0 Å². The summed E-state index contributed by atoms with van der Waals surface area (Å²) in [4.78, 5) is 0. The summed E-state index contributed by atoms with van der Waals surface area (Å²) in [5.41, 5.74) is 1.04. The van der Waals surface area contributed by atoms with Gasteiger partial charge in [-0.3, -0.25) is 0 Å². The second-order valence-electron chi connectivity index (χ2n) is 4.71. The van der Waals surface area contributed by atoms with Gasteiger partial charge in [0.1, 0.15) is 17.4 Å². The van der Waals surface area contributed by atoms with Crippen molar-refractivity contribution in [1.82, 2.24) is 5.32 Å². The Hall–Kier alpha value is -1.65. The first kappa shape index (κ1) is 15.7. The molecular formula is C16H16ClF2NO. The molecule has 0 aliphatic heterocycles. The van der Waals surface area contributed by atoms with Crippen molar-refractivity contribution in [1.29, 1.82) is 0 Å². The molecule has 0 saturated heterocycles. The summed E-state index contributed by atoms with van der Waals surface area (Å²) in [5, 5.41) is 3.32. The summed E-state index contributed by atoms with van der Waals surface area (Å²) in [6.07, 6.45) is 0. The van der Waals surface area contributed by atoms with Crippen LogP contribution in [0.1, 0.15) is 22.7 Å². The standard InChI is InChI=1S/C16H16ClF2NO/c1-9-4-6-12(18)14(15(9)19)16(20-2)10-5-7-13(21-3)11(17)8-10/h4-8,16,20H,1-3H3. The number of ether oxygens (including phenoxy) is 1. The largest absolute Gasteiger partial charge is 0.495 e. The van der Waals surface area contributed by atoms with E-state index >= 15 is 0 Å². The molecule has 2 aromatic rings. The van der Waals surface area contributed by atoms with Crippen LogP contribution in [0.3, 0.4) is 0 Å². The first-order chi connectivity index (χ1) is 9.99. The van der Waals surface area contributed by atoms with Crippen molar-refractivity contribution in [2.45, 2.75) is 13.0 Å². The number of rotatable bonds is 4. The van der Waals surface area contributed by atoms with E-state index in [2.05, 4.69) is 5.32 Å². The Morgan fingerprint density at radius 2 is 1.90 bits per heavy atom. The summed E-state index contributed by atoms with van der Waals surface area (Å²) in [6.45, 7) is 1.60. The Morgan fingerprint density at radius 3 is 2.48 bits per heavy atom. The SMILES string of the molecule is CNC(c1ccc(OC)c(Cl)c1)c1c(F)ccc(C)c1F. The van der Waals surface area contributed by atoms with Gasteiger partial charge in [0, 0.05) is 5.56 Å². The van der Waals surface area contributed by atoms with Crippen molar-refractivity contribution in [2.75, 3.05) is 14.2 Å². The minimum absolute atomic E-state index is 0.0151. The summed E-state index contributed by atoms with van der Waals surface area (Å²) in [5.74, 6) is -0.633. The van der Waals surface area contributed by atoms with E-state index < -0.39 is 17.7 Å². The predicted molar refractivity (Wildman–Crippen MR) is 80.0 cm³/mol. The second kappa shape index (κ2) is 6.41. The van der Waals surface area contributed by atoms with Crippen LogP contribution in [0.15, 0.2) is 30.3 Å². The molecule has 0 aliphatic rings. The molecule has 0 aromatic heterocycles. The number of aryl methyl sites for hydroxylation is 1. The third kappa shape index (κ3) is 3.01. The van der Waals surface area contributed by atoms with Crippen molar-refractivity contribution >= 4 is 11.6 Å². The first-order valence-corrected chi connectivity index (χ1v) is 6.82. The fourth-order valence-electron chi connectivity index (χ4n) is 2.28. The molecule has 1 unspecified atom stereocenters. The van der Waals surface area contributed by atoms with Crippen molar-refractivity contribution in [2.24, 2.45) is 0 Å². The Labute approximate surface area is 127 Å². The van der Waals surface area contributed by atoms with E-state index in [9.17, 15) is 8.78 Å². The molecule has 112 valence electrons. The average molecular weight is 312 g/mol. The molecule has 0 amide bonds. The number of halogens is 3. The Kier molecular flexibility index (Phi) is 4.80. The Balaban J connectivity index is 2.55. The summed E-state index contributed by atoms with van der Waals surface area (Å²) < 4.78 is 33.4. The van der Waals surface area contributed by atoms with Crippen molar-refractivity contribution in [3.63, 3.8) is 0 Å². The third-order valence-corrected chi connectivity index (χ3v) is 3.70. The monoisotopic (exact) mass is 311 g/mol. The summed E-state index contributed by atoms with van der Waals surface area (Å²) in [6, 6.07) is 7.10. The molecule has 0 fully saturated rings. The van der Waals surface area contributed by atoms with E-state index in [1.807, 2.05) is 0 Å². The van der Waals surface area contributed by atoms with Crippen LogP contribution in [0.25, 0.3) is 0 Å². The first-order valence-electron chi connectivity index (χ1n) is 6.44. The van der Waals surface area contributed by atoms with Crippen LogP contribution in [0.4, 0.5) is 8.78 Å². The van der Waals surface area contributed by atoms with E-state index in [0.29, 0.717) is 21.9 Å². The van der Waals surface area contributed by atoms with Gasteiger partial charge in [-0.25, -0.2) is 8.78 Å². The van der Waals surface area contributed by atoms with Gasteiger partial charge in [0.05, 0.1) is 18.2 Å². The highest BCUT2D eigenvalue weighted by atomic mass is 35.5. The number of hydrogen-bond acceptors (Lipinski definition) is 2. The van der Waals surface area contributed by atoms with Crippen LogP contribution >= 0.6 is 11.6 Å². The maximum Gasteiger partial charge on any atom is 0.137 e. The minimum atomic E-state index is -0.631. The molecule has 0 radical (unpaired) electrons. The molecular weight excluding hydrogens is 296 g/mol. The van der Waals surface area contributed by atoms with Crippen LogP contribution < -0.4 is 10.1 Å².